The van der Waals surface area contributed by atoms with Crippen LogP contribution < -0.4 is 5.32 Å². The number of hydrogen-bond donors (Lipinski definition) is 1. The predicted molar refractivity (Wildman–Crippen MR) is 79.0 cm³/mol. The summed E-state index contributed by atoms with van der Waals surface area (Å²) in [4.78, 5) is 4.46. The molecular formula is C12H7ClN4OS2. The van der Waals surface area contributed by atoms with Gasteiger partial charge in [-0.2, -0.15) is 9.64 Å². The zero-order valence-corrected chi connectivity index (χ0v) is 12.3. The number of anilines is 1. The van der Waals surface area contributed by atoms with Crippen LogP contribution in [0.25, 0.3) is 10.8 Å². The summed E-state index contributed by atoms with van der Waals surface area (Å²) in [6.45, 7) is 0.504. The first kappa shape index (κ1) is 13.1. The average Bonchev–Trinajstić information content (AvgIpc) is 3.17. The average molecular weight is 323 g/mol. The second-order valence-corrected chi connectivity index (χ2v) is 5.75. The van der Waals surface area contributed by atoms with E-state index in [1.807, 2.05) is 23.6 Å². The summed E-state index contributed by atoms with van der Waals surface area (Å²) in [5, 5.41) is 15.8. The Balaban J connectivity index is 1.72. The number of furan rings is 1. The first-order valence-electron chi connectivity index (χ1n) is 5.55. The monoisotopic (exact) mass is 322 g/mol. The lowest BCUT2D eigenvalue weighted by Gasteiger charge is -2.00. The maximum absolute atomic E-state index is 8.98. The van der Waals surface area contributed by atoms with Gasteiger partial charge in [0.2, 0.25) is 0 Å². The summed E-state index contributed by atoms with van der Waals surface area (Å²) in [6, 6.07) is 5.72. The van der Waals surface area contributed by atoms with Crippen molar-refractivity contribution in [2.75, 3.05) is 5.32 Å². The molecule has 0 amide bonds. The number of rotatable bonds is 4. The number of thiazole rings is 1. The van der Waals surface area contributed by atoms with Gasteiger partial charge in [-0.3, -0.25) is 0 Å². The van der Waals surface area contributed by atoms with Crippen LogP contribution in [-0.4, -0.2) is 9.36 Å². The van der Waals surface area contributed by atoms with Crippen molar-refractivity contribution in [1.29, 1.82) is 5.26 Å². The fraction of sp³-hybridized carbons (Fsp3) is 0.0833. The molecule has 3 aromatic rings. The lowest BCUT2D eigenvalue weighted by molar-refractivity contribution is 0.581. The van der Waals surface area contributed by atoms with Gasteiger partial charge in [0.1, 0.15) is 16.6 Å². The van der Waals surface area contributed by atoms with Gasteiger partial charge in [0.25, 0.3) is 0 Å². The van der Waals surface area contributed by atoms with Crippen molar-refractivity contribution in [1.82, 2.24) is 9.36 Å². The van der Waals surface area contributed by atoms with E-state index < -0.39 is 0 Å². The van der Waals surface area contributed by atoms with Gasteiger partial charge in [0.15, 0.2) is 15.9 Å². The molecule has 0 saturated heterocycles. The number of nitrogens with one attached hydrogen (secondary N) is 1. The minimum absolute atomic E-state index is 0.231. The van der Waals surface area contributed by atoms with Crippen molar-refractivity contribution in [3.63, 3.8) is 0 Å². The standard InChI is InChI=1S/C12H7ClN4OS2/c13-10-8(4-14)11(20-17-10)15-5-7-6-19-12(16-7)9-2-1-3-18-9/h1-3,6,15H,5H2. The molecule has 1 N–H and O–H groups in total. The van der Waals surface area contributed by atoms with Crippen LogP contribution in [0.1, 0.15) is 11.3 Å². The van der Waals surface area contributed by atoms with Gasteiger partial charge in [-0.05, 0) is 23.7 Å². The molecule has 0 unspecified atom stereocenters. The van der Waals surface area contributed by atoms with Crippen LogP contribution in [0, 0.1) is 11.3 Å². The van der Waals surface area contributed by atoms with Crippen molar-refractivity contribution in [2.24, 2.45) is 0 Å². The fourth-order valence-electron chi connectivity index (χ4n) is 1.56. The van der Waals surface area contributed by atoms with Gasteiger partial charge in [0.05, 0.1) is 18.5 Å². The van der Waals surface area contributed by atoms with Crippen molar-refractivity contribution < 1.29 is 4.42 Å². The minimum Gasteiger partial charge on any atom is -0.462 e. The Morgan fingerprint density at radius 2 is 2.40 bits per heavy atom. The summed E-state index contributed by atoms with van der Waals surface area (Å²) in [6.07, 6.45) is 1.62. The molecule has 0 aliphatic rings. The summed E-state index contributed by atoms with van der Waals surface area (Å²) in [7, 11) is 0. The van der Waals surface area contributed by atoms with Crippen LogP contribution in [0.15, 0.2) is 28.2 Å². The third kappa shape index (κ3) is 2.54. The Morgan fingerprint density at radius 1 is 1.50 bits per heavy atom. The van der Waals surface area contributed by atoms with Gasteiger partial charge < -0.3 is 9.73 Å². The highest BCUT2D eigenvalue weighted by Gasteiger charge is 2.12. The zero-order chi connectivity index (χ0) is 13.9. The Hall–Kier alpha value is -1.88. The number of nitriles is 1. The number of nitrogens with zero attached hydrogens (tertiary/aromatic N) is 3. The van der Waals surface area contributed by atoms with Crippen LogP contribution >= 0.6 is 34.5 Å². The number of halogens is 1. The van der Waals surface area contributed by atoms with Crippen LogP contribution in [0.2, 0.25) is 5.15 Å². The van der Waals surface area contributed by atoms with E-state index in [4.69, 9.17) is 21.3 Å². The maximum atomic E-state index is 8.98. The third-order valence-electron chi connectivity index (χ3n) is 2.48. The van der Waals surface area contributed by atoms with Gasteiger partial charge in [-0.25, -0.2) is 4.98 Å². The first-order chi connectivity index (χ1) is 9.78. The molecule has 0 bridgehead atoms. The van der Waals surface area contributed by atoms with Crippen molar-refractivity contribution in [3.8, 4) is 16.8 Å². The quantitative estimate of drug-likeness (QED) is 0.785. The zero-order valence-electron chi connectivity index (χ0n) is 9.96. The molecule has 20 heavy (non-hydrogen) atoms. The van der Waals surface area contributed by atoms with Crippen LogP contribution in [0.4, 0.5) is 5.00 Å². The molecule has 0 atom stereocenters. The van der Waals surface area contributed by atoms with Gasteiger partial charge >= 0.3 is 0 Å². The minimum atomic E-state index is 0.231. The second-order valence-electron chi connectivity index (χ2n) is 3.76. The molecule has 0 spiro atoms. The largest absolute Gasteiger partial charge is 0.462 e. The predicted octanol–water partition coefficient (Wildman–Crippen LogP) is 4.00. The molecule has 3 aromatic heterocycles. The maximum Gasteiger partial charge on any atom is 0.162 e. The van der Waals surface area contributed by atoms with Crippen LogP contribution in [-0.2, 0) is 6.54 Å². The van der Waals surface area contributed by atoms with Crippen LogP contribution in [0.5, 0.6) is 0 Å². The molecule has 0 aliphatic heterocycles. The van der Waals surface area contributed by atoms with E-state index in [2.05, 4.69) is 14.7 Å². The van der Waals surface area contributed by atoms with Gasteiger partial charge in [0, 0.05) is 5.38 Å². The summed E-state index contributed by atoms with van der Waals surface area (Å²) in [5.74, 6) is 0.750. The molecule has 0 saturated carbocycles. The van der Waals surface area contributed by atoms with Crippen LogP contribution in [0.3, 0.4) is 0 Å². The smallest absolute Gasteiger partial charge is 0.162 e. The lowest BCUT2D eigenvalue weighted by Crippen LogP contribution is -1.99. The second kappa shape index (κ2) is 5.63. The van der Waals surface area contributed by atoms with E-state index in [9.17, 15) is 0 Å². The summed E-state index contributed by atoms with van der Waals surface area (Å²) < 4.78 is 9.23. The molecular weight excluding hydrogens is 316 g/mol. The summed E-state index contributed by atoms with van der Waals surface area (Å²) >= 11 is 8.48. The molecule has 0 aliphatic carbocycles. The van der Waals surface area contributed by atoms with E-state index >= 15 is 0 Å². The van der Waals surface area contributed by atoms with E-state index in [0.717, 1.165) is 16.5 Å². The highest BCUT2D eigenvalue weighted by atomic mass is 35.5. The molecule has 3 rings (SSSR count). The molecule has 100 valence electrons. The first-order valence-corrected chi connectivity index (χ1v) is 7.58. The highest BCUT2D eigenvalue weighted by molar-refractivity contribution is 7.13. The molecule has 0 radical (unpaired) electrons. The van der Waals surface area contributed by atoms with E-state index in [1.165, 1.54) is 22.9 Å². The SMILES string of the molecule is N#Cc1c(Cl)nsc1NCc1csc(-c2ccco2)n1. The normalized spacial score (nSPS) is 10.4. The van der Waals surface area contributed by atoms with Crippen molar-refractivity contribution in [3.05, 3.63) is 40.2 Å². The molecule has 5 nitrogen and oxygen atoms in total. The molecule has 8 heteroatoms. The lowest BCUT2D eigenvalue weighted by atomic mass is 10.3. The topological polar surface area (TPSA) is 74.7 Å². The molecule has 0 fully saturated rings. The summed E-state index contributed by atoms with van der Waals surface area (Å²) in [5.41, 5.74) is 1.24. The number of hydrogen-bond acceptors (Lipinski definition) is 7. The Kier molecular flexibility index (Phi) is 3.69. The number of aromatic nitrogens is 2. The Morgan fingerprint density at radius 3 is 3.15 bits per heavy atom. The fourth-order valence-corrected chi connectivity index (χ4v) is 3.28. The van der Waals surface area contributed by atoms with Crippen molar-refractivity contribution in [2.45, 2.75) is 6.54 Å². The van der Waals surface area contributed by atoms with Gasteiger partial charge in [-0.15, -0.1) is 11.3 Å². The molecule has 3 heterocycles. The third-order valence-corrected chi connectivity index (χ3v) is 4.56. The van der Waals surface area contributed by atoms with Gasteiger partial charge in [-0.1, -0.05) is 11.6 Å². The van der Waals surface area contributed by atoms with E-state index in [0.29, 0.717) is 17.1 Å². The van der Waals surface area contributed by atoms with E-state index in [1.54, 1.807) is 6.26 Å². The molecule has 0 aromatic carbocycles. The highest BCUT2D eigenvalue weighted by Crippen LogP contribution is 2.29. The Labute approximate surface area is 127 Å². The van der Waals surface area contributed by atoms with Crippen molar-refractivity contribution >= 4 is 39.5 Å². The Bertz CT molecular complexity index is 757. The van der Waals surface area contributed by atoms with E-state index in [-0.39, 0.29) is 5.15 Å².